The molecule has 0 saturated carbocycles. The van der Waals surface area contributed by atoms with Crippen molar-refractivity contribution in [1.29, 1.82) is 0 Å². The van der Waals surface area contributed by atoms with Gasteiger partial charge in [0.25, 0.3) is 0 Å². The van der Waals surface area contributed by atoms with Crippen LogP contribution in [0.2, 0.25) is 0 Å². The quantitative estimate of drug-likeness (QED) is 0.768. The zero-order valence-corrected chi connectivity index (χ0v) is 12.4. The summed E-state index contributed by atoms with van der Waals surface area (Å²) in [6.45, 7) is 4.76. The SMILES string of the molecule is Cc1nccn1-c1ccc(C(C)NCCCC(=O)O)cc1. The number of aryl methyl sites for hydroxylation is 1. The Balaban J connectivity index is 1.92. The molecule has 0 aliphatic rings. The number of nitrogens with zero attached hydrogens (tertiary/aromatic N) is 2. The van der Waals surface area contributed by atoms with Crippen LogP contribution in [0.1, 0.15) is 37.2 Å². The predicted molar refractivity (Wildman–Crippen MR) is 81.6 cm³/mol. The largest absolute Gasteiger partial charge is 0.481 e. The van der Waals surface area contributed by atoms with Crippen LogP contribution in [0, 0.1) is 6.92 Å². The van der Waals surface area contributed by atoms with Gasteiger partial charge in [-0.3, -0.25) is 4.79 Å². The average Bonchev–Trinajstić information content (AvgIpc) is 2.89. The van der Waals surface area contributed by atoms with E-state index in [4.69, 9.17) is 5.11 Å². The van der Waals surface area contributed by atoms with Gasteiger partial charge in [-0.15, -0.1) is 0 Å². The van der Waals surface area contributed by atoms with Gasteiger partial charge in [-0.1, -0.05) is 12.1 Å². The average molecular weight is 287 g/mol. The van der Waals surface area contributed by atoms with Gasteiger partial charge >= 0.3 is 5.97 Å². The number of carboxylic acid groups (broad SMARTS) is 1. The summed E-state index contributed by atoms with van der Waals surface area (Å²) in [5, 5.41) is 11.9. The number of aliphatic carboxylic acids is 1. The van der Waals surface area contributed by atoms with E-state index in [0.717, 1.165) is 11.5 Å². The predicted octanol–water partition coefficient (Wildman–Crippen LogP) is 2.70. The van der Waals surface area contributed by atoms with Crippen molar-refractivity contribution >= 4 is 5.97 Å². The zero-order chi connectivity index (χ0) is 15.2. The van der Waals surface area contributed by atoms with Gasteiger partial charge in [0.2, 0.25) is 0 Å². The summed E-state index contributed by atoms with van der Waals surface area (Å²) < 4.78 is 2.04. The van der Waals surface area contributed by atoms with Gasteiger partial charge in [0, 0.05) is 30.5 Å². The van der Waals surface area contributed by atoms with Gasteiger partial charge in [0.05, 0.1) is 0 Å². The standard InChI is InChI=1S/C16H21N3O2/c1-12(17-9-3-4-16(20)21)14-5-7-15(8-6-14)19-11-10-18-13(19)2/h5-8,10-12,17H,3-4,9H2,1-2H3,(H,20,21). The van der Waals surface area contributed by atoms with E-state index in [1.807, 2.05) is 17.7 Å². The first kappa shape index (κ1) is 15.3. The topological polar surface area (TPSA) is 67.2 Å². The molecule has 5 nitrogen and oxygen atoms in total. The van der Waals surface area contributed by atoms with Crippen molar-refractivity contribution in [3.05, 3.63) is 48.0 Å². The molecule has 112 valence electrons. The molecule has 0 spiro atoms. The van der Waals surface area contributed by atoms with Crippen molar-refractivity contribution < 1.29 is 9.90 Å². The lowest BCUT2D eigenvalue weighted by molar-refractivity contribution is -0.137. The summed E-state index contributed by atoms with van der Waals surface area (Å²) in [7, 11) is 0. The highest BCUT2D eigenvalue weighted by Gasteiger charge is 2.06. The Morgan fingerprint density at radius 3 is 2.67 bits per heavy atom. The number of benzene rings is 1. The van der Waals surface area contributed by atoms with Crippen LogP contribution in [-0.4, -0.2) is 27.2 Å². The van der Waals surface area contributed by atoms with E-state index in [1.54, 1.807) is 6.20 Å². The monoisotopic (exact) mass is 287 g/mol. The number of carboxylic acids is 1. The molecule has 0 aliphatic heterocycles. The van der Waals surface area contributed by atoms with Gasteiger partial charge < -0.3 is 15.0 Å². The maximum absolute atomic E-state index is 10.5. The van der Waals surface area contributed by atoms with Crippen molar-refractivity contribution in [1.82, 2.24) is 14.9 Å². The lowest BCUT2D eigenvalue weighted by Gasteiger charge is -2.15. The Hall–Kier alpha value is -2.14. The van der Waals surface area contributed by atoms with Gasteiger partial charge in [0.15, 0.2) is 0 Å². The fourth-order valence-electron chi connectivity index (χ4n) is 2.25. The van der Waals surface area contributed by atoms with E-state index in [9.17, 15) is 4.79 Å². The number of aromatic nitrogens is 2. The molecule has 2 aromatic rings. The molecule has 1 aromatic heterocycles. The molecule has 2 N–H and O–H groups in total. The minimum Gasteiger partial charge on any atom is -0.481 e. The minimum absolute atomic E-state index is 0.205. The highest BCUT2D eigenvalue weighted by atomic mass is 16.4. The molecule has 0 fully saturated rings. The number of nitrogens with one attached hydrogen (secondary N) is 1. The molecule has 1 atom stereocenters. The summed E-state index contributed by atoms with van der Waals surface area (Å²) in [5.41, 5.74) is 2.28. The van der Waals surface area contributed by atoms with Crippen molar-refractivity contribution in [2.24, 2.45) is 0 Å². The second-order valence-electron chi connectivity index (χ2n) is 5.11. The van der Waals surface area contributed by atoms with E-state index in [-0.39, 0.29) is 12.5 Å². The molecule has 0 bridgehead atoms. The van der Waals surface area contributed by atoms with E-state index in [2.05, 4.69) is 41.5 Å². The first-order valence-corrected chi connectivity index (χ1v) is 7.13. The second-order valence-corrected chi connectivity index (χ2v) is 5.11. The maximum Gasteiger partial charge on any atom is 0.303 e. The van der Waals surface area contributed by atoms with Crippen LogP contribution >= 0.6 is 0 Å². The number of imidazole rings is 1. The summed E-state index contributed by atoms with van der Waals surface area (Å²) in [5.74, 6) is 0.215. The molecule has 1 aromatic carbocycles. The van der Waals surface area contributed by atoms with Crippen molar-refractivity contribution in [2.45, 2.75) is 32.7 Å². The Bertz CT molecular complexity index is 590. The fraction of sp³-hybridized carbons (Fsp3) is 0.375. The van der Waals surface area contributed by atoms with Crippen LogP contribution in [0.5, 0.6) is 0 Å². The van der Waals surface area contributed by atoms with E-state index in [1.165, 1.54) is 5.56 Å². The minimum atomic E-state index is -0.746. The Morgan fingerprint density at radius 1 is 1.38 bits per heavy atom. The van der Waals surface area contributed by atoms with Crippen LogP contribution in [0.25, 0.3) is 5.69 Å². The molecular weight excluding hydrogens is 266 g/mol. The van der Waals surface area contributed by atoms with Gasteiger partial charge in [-0.05, 0) is 44.5 Å². The third-order valence-electron chi connectivity index (χ3n) is 3.51. The summed E-state index contributed by atoms with van der Waals surface area (Å²) in [6.07, 6.45) is 4.58. The Morgan fingerprint density at radius 2 is 2.10 bits per heavy atom. The van der Waals surface area contributed by atoms with E-state index in [0.29, 0.717) is 13.0 Å². The van der Waals surface area contributed by atoms with Gasteiger partial charge in [0.1, 0.15) is 5.82 Å². The molecular formula is C16H21N3O2. The van der Waals surface area contributed by atoms with Gasteiger partial charge in [-0.25, -0.2) is 4.98 Å². The summed E-state index contributed by atoms with van der Waals surface area (Å²) >= 11 is 0. The molecule has 2 rings (SSSR count). The number of rotatable bonds is 7. The van der Waals surface area contributed by atoms with Crippen molar-refractivity contribution in [3.63, 3.8) is 0 Å². The molecule has 0 amide bonds. The van der Waals surface area contributed by atoms with Crippen LogP contribution in [-0.2, 0) is 4.79 Å². The lowest BCUT2D eigenvalue weighted by Crippen LogP contribution is -2.20. The maximum atomic E-state index is 10.5. The highest BCUT2D eigenvalue weighted by Crippen LogP contribution is 2.16. The number of hydrogen-bond donors (Lipinski definition) is 2. The Kier molecular flexibility index (Phi) is 5.11. The van der Waals surface area contributed by atoms with Gasteiger partial charge in [-0.2, -0.15) is 0 Å². The van der Waals surface area contributed by atoms with E-state index < -0.39 is 5.97 Å². The zero-order valence-electron chi connectivity index (χ0n) is 12.4. The number of carbonyl (C=O) groups is 1. The summed E-state index contributed by atoms with van der Waals surface area (Å²) in [4.78, 5) is 14.7. The third kappa shape index (κ3) is 4.16. The second kappa shape index (κ2) is 7.04. The smallest absolute Gasteiger partial charge is 0.303 e. The molecule has 1 unspecified atom stereocenters. The first-order valence-electron chi connectivity index (χ1n) is 7.13. The summed E-state index contributed by atoms with van der Waals surface area (Å²) in [6, 6.07) is 8.52. The lowest BCUT2D eigenvalue weighted by atomic mass is 10.1. The van der Waals surface area contributed by atoms with Crippen LogP contribution in [0.3, 0.4) is 0 Å². The molecule has 21 heavy (non-hydrogen) atoms. The Labute approximate surface area is 124 Å². The highest BCUT2D eigenvalue weighted by molar-refractivity contribution is 5.66. The molecule has 0 radical (unpaired) electrons. The normalized spacial score (nSPS) is 12.3. The van der Waals surface area contributed by atoms with Crippen LogP contribution < -0.4 is 5.32 Å². The van der Waals surface area contributed by atoms with Crippen LogP contribution in [0.4, 0.5) is 0 Å². The van der Waals surface area contributed by atoms with Crippen molar-refractivity contribution in [3.8, 4) is 5.69 Å². The first-order chi connectivity index (χ1) is 10.1. The third-order valence-corrected chi connectivity index (χ3v) is 3.51. The van der Waals surface area contributed by atoms with Crippen molar-refractivity contribution in [2.75, 3.05) is 6.54 Å². The molecule has 5 heteroatoms. The van der Waals surface area contributed by atoms with Crippen LogP contribution in [0.15, 0.2) is 36.7 Å². The molecule has 0 aliphatic carbocycles. The van der Waals surface area contributed by atoms with E-state index >= 15 is 0 Å². The fourth-order valence-corrected chi connectivity index (χ4v) is 2.25. The molecule has 1 heterocycles. The number of hydrogen-bond acceptors (Lipinski definition) is 3. The molecule has 0 saturated heterocycles.